The van der Waals surface area contributed by atoms with E-state index < -0.39 is 0 Å². The first-order valence-electron chi connectivity index (χ1n) is 12.3. The quantitative estimate of drug-likeness (QED) is 0.413. The highest BCUT2D eigenvalue weighted by atomic mass is 32.2. The maximum absolute atomic E-state index is 5.84. The van der Waals surface area contributed by atoms with E-state index in [0.717, 1.165) is 80.1 Å². The Bertz CT molecular complexity index is 1090. The van der Waals surface area contributed by atoms with Crippen molar-refractivity contribution in [3.8, 4) is 11.4 Å². The van der Waals surface area contributed by atoms with Gasteiger partial charge in [0.05, 0.1) is 18.9 Å². The maximum atomic E-state index is 5.84. The summed E-state index contributed by atoms with van der Waals surface area (Å²) in [5.41, 5.74) is 3.79. The highest BCUT2D eigenvalue weighted by molar-refractivity contribution is 7.99. The van der Waals surface area contributed by atoms with Gasteiger partial charge in [-0.05, 0) is 63.4 Å². The van der Waals surface area contributed by atoms with Crippen LogP contribution in [0.5, 0.6) is 5.75 Å². The van der Waals surface area contributed by atoms with Crippen LogP contribution in [-0.2, 0) is 11.3 Å². The van der Waals surface area contributed by atoms with E-state index in [2.05, 4.69) is 57.9 Å². The molecule has 3 heterocycles. The zero-order valence-electron chi connectivity index (χ0n) is 20.2. The largest absolute Gasteiger partial charge is 0.497 e. The summed E-state index contributed by atoms with van der Waals surface area (Å²) in [5, 5.41) is 10.3. The standard InChI is InChI=1S/C27H34N4O2S/c1-20-6-3-7-21(16-20)18-30-13-11-22(12-14-30)26-28-29-27(34-19-25-10-5-15-33-25)31(26)23-8-4-9-24(17-23)32-2/h3-4,6-9,16-17,22,25H,5,10-15,18-19H2,1-2H3/t25-/m1/s1. The first-order valence-corrected chi connectivity index (χ1v) is 13.3. The Hall–Kier alpha value is -2.35. The molecule has 0 unspecified atom stereocenters. The van der Waals surface area contributed by atoms with Gasteiger partial charge in [-0.2, -0.15) is 0 Å². The Morgan fingerprint density at radius 1 is 1.06 bits per heavy atom. The summed E-state index contributed by atoms with van der Waals surface area (Å²) >= 11 is 1.75. The fraction of sp³-hybridized carbons (Fsp3) is 0.481. The van der Waals surface area contributed by atoms with Crippen LogP contribution >= 0.6 is 11.8 Å². The van der Waals surface area contributed by atoms with Gasteiger partial charge in [-0.15, -0.1) is 10.2 Å². The molecule has 2 aliphatic heterocycles. The number of rotatable bonds is 8. The van der Waals surface area contributed by atoms with Crippen LogP contribution in [0.4, 0.5) is 0 Å². The topological polar surface area (TPSA) is 52.4 Å². The molecule has 6 nitrogen and oxygen atoms in total. The Morgan fingerprint density at radius 3 is 2.68 bits per heavy atom. The smallest absolute Gasteiger partial charge is 0.195 e. The van der Waals surface area contributed by atoms with Gasteiger partial charge in [0.1, 0.15) is 11.6 Å². The molecule has 1 atom stereocenters. The number of hydrogen-bond acceptors (Lipinski definition) is 6. The van der Waals surface area contributed by atoms with Gasteiger partial charge >= 0.3 is 0 Å². The predicted molar refractivity (Wildman–Crippen MR) is 136 cm³/mol. The van der Waals surface area contributed by atoms with Crippen molar-refractivity contribution in [2.24, 2.45) is 0 Å². The number of nitrogens with zero attached hydrogens (tertiary/aromatic N) is 4. The third-order valence-electron chi connectivity index (χ3n) is 6.83. The lowest BCUT2D eigenvalue weighted by molar-refractivity contribution is 0.129. The molecule has 34 heavy (non-hydrogen) atoms. The summed E-state index contributed by atoms with van der Waals surface area (Å²) in [6, 6.07) is 17.1. The van der Waals surface area contributed by atoms with E-state index in [9.17, 15) is 0 Å². The number of methoxy groups -OCH3 is 1. The molecule has 180 valence electrons. The number of benzene rings is 2. The summed E-state index contributed by atoms with van der Waals surface area (Å²) in [6.45, 7) is 6.19. The van der Waals surface area contributed by atoms with Crippen LogP contribution in [0.2, 0.25) is 0 Å². The summed E-state index contributed by atoms with van der Waals surface area (Å²) in [7, 11) is 1.71. The zero-order chi connectivity index (χ0) is 23.3. The molecule has 7 heteroatoms. The molecule has 5 rings (SSSR count). The van der Waals surface area contributed by atoms with Gasteiger partial charge in [-0.25, -0.2) is 0 Å². The van der Waals surface area contributed by atoms with Crippen molar-refractivity contribution in [1.82, 2.24) is 19.7 Å². The molecule has 0 amide bonds. The Morgan fingerprint density at radius 2 is 1.91 bits per heavy atom. The van der Waals surface area contributed by atoms with Crippen molar-refractivity contribution in [3.63, 3.8) is 0 Å². The summed E-state index contributed by atoms with van der Waals surface area (Å²) in [4.78, 5) is 2.56. The van der Waals surface area contributed by atoms with Crippen LogP contribution in [0.15, 0.2) is 53.7 Å². The Kier molecular flexibility index (Phi) is 7.52. The number of piperidine rings is 1. The lowest BCUT2D eigenvalue weighted by atomic mass is 9.95. The molecular formula is C27H34N4O2S. The highest BCUT2D eigenvalue weighted by Crippen LogP contribution is 2.34. The molecule has 0 bridgehead atoms. The van der Waals surface area contributed by atoms with E-state index in [4.69, 9.17) is 14.6 Å². The Balaban J connectivity index is 1.33. The molecule has 0 aliphatic carbocycles. The second-order valence-corrected chi connectivity index (χ2v) is 10.4. The molecule has 0 radical (unpaired) electrons. The number of ether oxygens (including phenoxy) is 2. The minimum Gasteiger partial charge on any atom is -0.497 e. The molecule has 2 aliphatic rings. The van der Waals surface area contributed by atoms with Crippen molar-refractivity contribution < 1.29 is 9.47 Å². The first-order chi connectivity index (χ1) is 16.7. The second kappa shape index (κ2) is 10.9. The third-order valence-corrected chi connectivity index (χ3v) is 7.89. The first kappa shape index (κ1) is 23.4. The fourth-order valence-corrected chi connectivity index (χ4v) is 6.02. The average molecular weight is 479 g/mol. The number of hydrogen-bond donors (Lipinski definition) is 0. The summed E-state index contributed by atoms with van der Waals surface area (Å²) in [6.07, 6.45) is 4.77. The van der Waals surface area contributed by atoms with Crippen molar-refractivity contribution in [3.05, 3.63) is 65.5 Å². The highest BCUT2D eigenvalue weighted by Gasteiger charge is 2.28. The van der Waals surface area contributed by atoms with E-state index in [-0.39, 0.29) is 0 Å². The third kappa shape index (κ3) is 5.48. The van der Waals surface area contributed by atoms with Crippen LogP contribution in [0, 0.1) is 6.92 Å². The van der Waals surface area contributed by atoms with Crippen LogP contribution in [0.25, 0.3) is 5.69 Å². The fourth-order valence-electron chi connectivity index (χ4n) is 4.99. The van der Waals surface area contributed by atoms with E-state index >= 15 is 0 Å². The molecule has 2 saturated heterocycles. The SMILES string of the molecule is COc1cccc(-n2c(SC[C@H]3CCCO3)nnc2C2CCN(Cc3cccc(C)c3)CC2)c1. The van der Waals surface area contributed by atoms with E-state index in [1.165, 1.54) is 11.1 Å². The second-order valence-electron chi connectivity index (χ2n) is 9.36. The van der Waals surface area contributed by atoms with E-state index in [1.807, 2.05) is 12.1 Å². The van der Waals surface area contributed by atoms with Crippen molar-refractivity contribution in [1.29, 1.82) is 0 Å². The minimum atomic E-state index is 0.314. The molecule has 2 aromatic carbocycles. The normalized spacial score (nSPS) is 19.5. The van der Waals surface area contributed by atoms with E-state index in [1.54, 1.807) is 18.9 Å². The van der Waals surface area contributed by atoms with Crippen molar-refractivity contribution in [2.45, 2.75) is 56.3 Å². The van der Waals surface area contributed by atoms with Gasteiger partial charge in [-0.3, -0.25) is 9.47 Å². The molecule has 0 N–H and O–H groups in total. The Labute approximate surface area is 206 Å². The zero-order valence-corrected chi connectivity index (χ0v) is 21.0. The molecule has 2 fully saturated rings. The lowest BCUT2D eigenvalue weighted by Crippen LogP contribution is -2.33. The molecule has 0 spiro atoms. The molecular weight excluding hydrogens is 444 g/mol. The molecule has 0 saturated carbocycles. The van der Waals surface area contributed by atoms with Crippen LogP contribution in [0.1, 0.15) is 48.6 Å². The average Bonchev–Trinajstić information content (AvgIpc) is 3.53. The maximum Gasteiger partial charge on any atom is 0.195 e. The number of likely N-dealkylation sites (tertiary alicyclic amines) is 1. The van der Waals surface area contributed by atoms with Gasteiger partial charge in [-0.1, -0.05) is 47.7 Å². The van der Waals surface area contributed by atoms with Crippen LogP contribution < -0.4 is 4.74 Å². The van der Waals surface area contributed by atoms with Gasteiger partial charge in [0, 0.05) is 30.9 Å². The minimum absolute atomic E-state index is 0.314. The summed E-state index contributed by atoms with van der Waals surface area (Å²) in [5.74, 6) is 3.22. The summed E-state index contributed by atoms with van der Waals surface area (Å²) < 4.78 is 13.6. The van der Waals surface area contributed by atoms with Gasteiger partial charge in [0.25, 0.3) is 0 Å². The van der Waals surface area contributed by atoms with E-state index in [0.29, 0.717) is 12.0 Å². The molecule has 1 aromatic heterocycles. The van der Waals surface area contributed by atoms with Gasteiger partial charge in [0.15, 0.2) is 5.16 Å². The number of aromatic nitrogens is 3. The number of aryl methyl sites for hydroxylation is 1. The van der Waals surface area contributed by atoms with Gasteiger partial charge < -0.3 is 9.47 Å². The lowest BCUT2D eigenvalue weighted by Gasteiger charge is -2.31. The monoisotopic (exact) mass is 478 g/mol. The van der Waals surface area contributed by atoms with Gasteiger partial charge in [0.2, 0.25) is 0 Å². The van der Waals surface area contributed by atoms with Crippen LogP contribution in [0.3, 0.4) is 0 Å². The molecule has 3 aromatic rings. The number of thioether (sulfide) groups is 1. The van der Waals surface area contributed by atoms with Crippen LogP contribution in [-0.4, -0.2) is 58.3 Å². The van der Waals surface area contributed by atoms with Crippen molar-refractivity contribution >= 4 is 11.8 Å². The predicted octanol–water partition coefficient (Wildman–Crippen LogP) is 5.24. The van der Waals surface area contributed by atoms with Crippen molar-refractivity contribution in [2.75, 3.05) is 32.6 Å².